The maximum absolute atomic E-state index is 13.1. The van der Waals surface area contributed by atoms with Crippen LogP contribution in [0, 0.1) is 19.8 Å². The molecule has 1 heterocycles. The topological polar surface area (TPSA) is 108 Å². The number of rotatable bonds is 13. The molecular weight excluding hydrogens is 520 g/mol. The molecule has 0 radical (unpaired) electrons. The second-order valence-corrected chi connectivity index (χ2v) is 13.0. The Bertz CT molecular complexity index is 1060. The smallest absolute Gasteiger partial charge is 0.248 e. The summed E-state index contributed by atoms with van der Waals surface area (Å²) in [5.41, 5.74) is 1.24. The minimum absolute atomic E-state index is 0.0904. The predicted molar refractivity (Wildman–Crippen MR) is 150 cm³/mol. The number of ether oxygens (including phenoxy) is 2. The second kappa shape index (κ2) is 14.4. The zero-order chi connectivity index (χ0) is 28.6. The fourth-order valence-electron chi connectivity index (χ4n) is 5.57. The van der Waals surface area contributed by atoms with Crippen LogP contribution in [0.2, 0.25) is 0 Å². The van der Waals surface area contributed by atoms with Crippen LogP contribution >= 0.6 is 0 Å². The monoisotopic (exact) mass is 566 g/mol. The lowest BCUT2D eigenvalue weighted by Crippen LogP contribution is -2.44. The molecule has 1 aliphatic heterocycles. The summed E-state index contributed by atoms with van der Waals surface area (Å²) >= 11 is 0. The summed E-state index contributed by atoms with van der Waals surface area (Å²) in [4.78, 5) is 29.1. The second-order valence-electron chi connectivity index (χ2n) is 11.0. The van der Waals surface area contributed by atoms with Gasteiger partial charge in [-0.15, -0.1) is 0 Å². The van der Waals surface area contributed by atoms with Crippen LogP contribution in [-0.2, 0) is 24.3 Å². The molecule has 220 valence electrons. The lowest BCUT2D eigenvalue weighted by atomic mass is 9.85. The summed E-state index contributed by atoms with van der Waals surface area (Å²) in [6, 6.07) is 3.63. The normalized spacial score (nSPS) is 20.3. The third kappa shape index (κ3) is 8.89. The Morgan fingerprint density at radius 3 is 2.26 bits per heavy atom. The van der Waals surface area contributed by atoms with E-state index in [0.717, 1.165) is 38.8 Å². The van der Waals surface area contributed by atoms with Gasteiger partial charge in [0.25, 0.3) is 0 Å². The van der Waals surface area contributed by atoms with E-state index in [0.29, 0.717) is 35.9 Å². The number of nitrogens with one attached hydrogen (secondary N) is 1. The number of likely N-dealkylation sites (N-methyl/N-ethyl adjacent to an activating group) is 2. The number of hydrogen-bond acceptors (Lipinski definition) is 7. The highest BCUT2D eigenvalue weighted by Gasteiger charge is 2.27. The minimum Gasteiger partial charge on any atom is -0.497 e. The Morgan fingerprint density at radius 1 is 1.05 bits per heavy atom. The van der Waals surface area contributed by atoms with Gasteiger partial charge in [-0.1, -0.05) is 0 Å². The maximum atomic E-state index is 13.1. The third-order valence-corrected chi connectivity index (χ3v) is 10.0. The third-order valence-electron chi connectivity index (χ3n) is 7.85. The van der Waals surface area contributed by atoms with Crippen molar-refractivity contribution in [1.82, 2.24) is 19.4 Å². The van der Waals surface area contributed by atoms with Crippen LogP contribution in [0.1, 0.15) is 49.7 Å². The molecule has 0 spiro atoms. The number of sulfonamides is 1. The molecule has 11 heteroatoms. The van der Waals surface area contributed by atoms with E-state index in [4.69, 9.17) is 9.47 Å². The van der Waals surface area contributed by atoms with Crippen molar-refractivity contribution in [2.75, 3.05) is 67.1 Å². The first-order chi connectivity index (χ1) is 18.5. The van der Waals surface area contributed by atoms with Gasteiger partial charge in [0.15, 0.2) is 0 Å². The number of carbonyl (C=O) groups excluding carboxylic acids is 2. The Hall–Kier alpha value is -2.21. The first-order valence-corrected chi connectivity index (χ1v) is 15.4. The molecule has 0 unspecified atom stereocenters. The molecule has 1 aromatic rings. The van der Waals surface area contributed by atoms with Gasteiger partial charge in [0.1, 0.15) is 12.4 Å². The van der Waals surface area contributed by atoms with Crippen molar-refractivity contribution in [3.05, 3.63) is 23.3 Å². The van der Waals surface area contributed by atoms with E-state index < -0.39 is 10.0 Å². The quantitative estimate of drug-likeness (QED) is 0.365. The summed E-state index contributed by atoms with van der Waals surface area (Å²) in [7, 11) is 1.14. The molecule has 1 saturated carbocycles. The van der Waals surface area contributed by atoms with Crippen molar-refractivity contribution in [1.29, 1.82) is 0 Å². The summed E-state index contributed by atoms with van der Waals surface area (Å²) in [6.45, 7) is 6.85. The molecule has 1 aromatic carbocycles. The van der Waals surface area contributed by atoms with Gasteiger partial charge in [-0.2, -0.15) is 4.31 Å². The van der Waals surface area contributed by atoms with Gasteiger partial charge in [0.2, 0.25) is 21.8 Å². The number of likely N-dealkylation sites (tertiary alicyclic amines) is 1. The van der Waals surface area contributed by atoms with Gasteiger partial charge in [0, 0.05) is 33.2 Å². The van der Waals surface area contributed by atoms with Gasteiger partial charge < -0.3 is 19.7 Å². The first-order valence-electron chi connectivity index (χ1n) is 14.0. The summed E-state index contributed by atoms with van der Waals surface area (Å²) in [6.07, 6.45) is 6.17. The molecule has 3 rings (SSSR count). The summed E-state index contributed by atoms with van der Waals surface area (Å²) in [5, 5.41) is 3.18. The van der Waals surface area contributed by atoms with E-state index in [1.165, 1.54) is 24.2 Å². The Morgan fingerprint density at radius 2 is 1.67 bits per heavy atom. The lowest BCUT2D eigenvalue weighted by Gasteiger charge is -2.32. The number of nitrogens with zero attached hydrogens (tertiary/aromatic N) is 3. The van der Waals surface area contributed by atoms with Crippen molar-refractivity contribution in [3.63, 3.8) is 0 Å². The van der Waals surface area contributed by atoms with Crippen LogP contribution in [-0.4, -0.2) is 108 Å². The molecule has 1 N–H and O–H groups in total. The van der Waals surface area contributed by atoms with Crippen LogP contribution in [0.3, 0.4) is 0 Å². The molecule has 2 amide bonds. The Balaban J connectivity index is 1.34. The highest BCUT2D eigenvalue weighted by molar-refractivity contribution is 7.89. The van der Waals surface area contributed by atoms with E-state index in [1.807, 2.05) is 0 Å². The van der Waals surface area contributed by atoms with Crippen molar-refractivity contribution in [2.24, 2.45) is 5.92 Å². The van der Waals surface area contributed by atoms with Crippen LogP contribution in [0.15, 0.2) is 17.0 Å². The number of benzene rings is 1. The number of methoxy groups -OCH3 is 1. The first kappa shape index (κ1) is 31.3. The molecule has 1 saturated heterocycles. The van der Waals surface area contributed by atoms with E-state index in [2.05, 4.69) is 10.2 Å². The zero-order valence-corrected chi connectivity index (χ0v) is 25.0. The van der Waals surface area contributed by atoms with E-state index in [9.17, 15) is 18.0 Å². The van der Waals surface area contributed by atoms with E-state index >= 15 is 0 Å². The Labute approximate surface area is 234 Å². The Kier molecular flexibility index (Phi) is 11.6. The molecule has 0 bridgehead atoms. The van der Waals surface area contributed by atoms with Crippen molar-refractivity contribution < 1.29 is 27.5 Å². The molecule has 1 aliphatic carbocycles. The van der Waals surface area contributed by atoms with Crippen molar-refractivity contribution in [3.8, 4) is 5.75 Å². The molecule has 0 aromatic heterocycles. The van der Waals surface area contributed by atoms with Gasteiger partial charge in [0.05, 0.1) is 25.2 Å². The van der Waals surface area contributed by atoms with Crippen LogP contribution in [0.5, 0.6) is 5.75 Å². The molecule has 10 nitrogen and oxygen atoms in total. The predicted octanol–water partition coefficient (Wildman–Crippen LogP) is 2.18. The average molecular weight is 567 g/mol. The van der Waals surface area contributed by atoms with E-state index in [-0.39, 0.29) is 42.5 Å². The number of hydrogen-bond donors (Lipinski definition) is 1. The van der Waals surface area contributed by atoms with Crippen LogP contribution < -0.4 is 10.1 Å². The molecule has 0 atom stereocenters. The fraction of sp³-hybridized carbons (Fsp3) is 0.714. The molecule has 39 heavy (non-hydrogen) atoms. The maximum Gasteiger partial charge on any atom is 0.248 e. The minimum atomic E-state index is -3.71. The highest BCUT2D eigenvalue weighted by atomic mass is 32.2. The molecular formula is C28H46N4O6S. The number of carbonyl (C=O) groups is 2. The van der Waals surface area contributed by atoms with Crippen LogP contribution in [0.25, 0.3) is 0 Å². The van der Waals surface area contributed by atoms with Gasteiger partial charge in [-0.3, -0.25) is 14.5 Å². The SMILES string of the molecule is COc1cc(C)c(S(=O)(=O)N(C)CCOCC(=O)N(C)CC2CCC(NC(=O)CN3CCCC3)CC2)c(C)c1. The van der Waals surface area contributed by atoms with Gasteiger partial charge >= 0.3 is 0 Å². The largest absolute Gasteiger partial charge is 0.497 e. The fourth-order valence-corrected chi connectivity index (χ4v) is 7.13. The van der Waals surface area contributed by atoms with E-state index in [1.54, 1.807) is 45.0 Å². The summed E-state index contributed by atoms with van der Waals surface area (Å²) < 4.78 is 38.3. The molecule has 2 fully saturated rings. The van der Waals surface area contributed by atoms with Crippen molar-refractivity contribution in [2.45, 2.75) is 63.3 Å². The van der Waals surface area contributed by atoms with Crippen molar-refractivity contribution >= 4 is 21.8 Å². The van der Waals surface area contributed by atoms with Gasteiger partial charge in [-0.25, -0.2) is 8.42 Å². The average Bonchev–Trinajstić information content (AvgIpc) is 3.39. The zero-order valence-electron chi connectivity index (χ0n) is 24.2. The number of amides is 2. The van der Waals surface area contributed by atoms with Crippen LogP contribution in [0.4, 0.5) is 0 Å². The highest BCUT2D eigenvalue weighted by Crippen LogP contribution is 2.28. The number of aryl methyl sites for hydroxylation is 2. The lowest BCUT2D eigenvalue weighted by molar-refractivity contribution is -0.135. The summed E-state index contributed by atoms with van der Waals surface area (Å²) in [5.74, 6) is 1.02. The van der Waals surface area contributed by atoms with Gasteiger partial charge in [-0.05, 0) is 94.6 Å². The molecule has 2 aliphatic rings. The standard InChI is InChI=1S/C28H46N4O6S/c1-21-16-25(37-5)17-22(2)28(21)39(35,36)31(4)14-15-38-20-27(34)30(3)18-23-8-10-24(11-9-23)29-26(33)19-32-12-6-7-13-32/h16-17,23-24H,6-15,18-20H2,1-5H3,(H,29,33).